The molecule has 2 aromatic carbocycles. The summed E-state index contributed by atoms with van der Waals surface area (Å²) in [5.74, 6) is -0.0657. The highest BCUT2D eigenvalue weighted by atomic mass is 32.1. The van der Waals surface area contributed by atoms with E-state index in [0.29, 0.717) is 57.9 Å². The Hall–Kier alpha value is -5.13. The number of aromatic nitrogens is 4. The lowest BCUT2D eigenvalue weighted by atomic mass is 9.55. The fourth-order valence-electron chi connectivity index (χ4n) is 11.3. The molecule has 3 aliphatic carbocycles. The van der Waals surface area contributed by atoms with Crippen LogP contribution in [0.2, 0.25) is 0 Å². The number of amides is 3. The number of halogens is 3. The van der Waals surface area contributed by atoms with Crippen LogP contribution in [0.5, 0.6) is 0 Å². The number of imidazole rings is 1. The smallest absolute Gasteiger partial charge is 0.386 e. The summed E-state index contributed by atoms with van der Waals surface area (Å²) >= 11 is 1.56. The van der Waals surface area contributed by atoms with Crippen LogP contribution in [0, 0.1) is 17.3 Å². The van der Waals surface area contributed by atoms with Crippen molar-refractivity contribution in [1.29, 1.82) is 0 Å². The second kappa shape index (κ2) is 17.3. The average Bonchev–Trinajstić information content (AvgIpc) is 3.79. The molecule has 1 spiro atoms. The Kier molecular flexibility index (Phi) is 12.0. The van der Waals surface area contributed by atoms with E-state index < -0.39 is 35.3 Å². The topological polar surface area (TPSA) is 163 Å². The Morgan fingerprint density at radius 2 is 1.68 bits per heavy atom. The first kappa shape index (κ1) is 45.0. The third kappa shape index (κ3) is 9.07. The maximum absolute atomic E-state index is 13.4. The number of carbonyl (C=O) groups is 3. The van der Waals surface area contributed by atoms with E-state index >= 15 is 0 Å². The zero-order valence-electron chi connectivity index (χ0n) is 37.3. The van der Waals surface area contributed by atoms with Crippen molar-refractivity contribution in [2.75, 3.05) is 30.8 Å². The first-order valence-corrected chi connectivity index (χ1v) is 23.7. The first-order valence-electron chi connectivity index (χ1n) is 22.9. The van der Waals surface area contributed by atoms with E-state index in [4.69, 9.17) is 4.98 Å². The second-order valence-electron chi connectivity index (χ2n) is 19.7. The van der Waals surface area contributed by atoms with Gasteiger partial charge in [0.15, 0.2) is 0 Å². The first-order chi connectivity index (χ1) is 30.9. The largest absolute Gasteiger partial charge is 0.433 e. The van der Waals surface area contributed by atoms with Gasteiger partial charge in [0.2, 0.25) is 11.8 Å². The molecular formula is C48H57F3N8O5S. The standard InChI is InChI=1S/C48H57F3N8O5S/c1-46(2,64)31-21-35-38(22-34(31)54-42(61)33-8-6-10-39(53-33)48(49,50)51)65-44(55-35)29-13-11-27(12-14-29)26-57(3)30-17-19-47(20-18-30)23-28(24-47)25-52-32-7-5-9-36-41(32)58(4)45(63)59(36)37-15-16-40(60)56-43(37)62/h5-10,21-22,27-30,37,52,64H,11-20,23-26H2,1-4H3,(H,54,61)(H,56,60,62). The van der Waals surface area contributed by atoms with E-state index in [2.05, 4.69) is 32.9 Å². The van der Waals surface area contributed by atoms with Crippen molar-refractivity contribution < 1.29 is 32.7 Å². The van der Waals surface area contributed by atoms with Crippen LogP contribution >= 0.6 is 11.3 Å². The highest BCUT2D eigenvalue weighted by molar-refractivity contribution is 7.18. The Morgan fingerprint density at radius 1 is 0.954 bits per heavy atom. The van der Waals surface area contributed by atoms with Crippen LogP contribution in [0.15, 0.2) is 53.3 Å². The van der Waals surface area contributed by atoms with Crippen molar-refractivity contribution in [2.45, 2.75) is 121 Å². The number of hydrogen-bond donors (Lipinski definition) is 4. The number of piperidine rings is 1. The van der Waals surface area contributed by atoms with Gasteiger partial charge in [-0.2, -0.15) is 13.2 Å². The maximum atomic E-state index is 13.4. The highest BCUT2D eigenvalue weighted by Crippen LogP contribution is 2.55. The second-order valence-corrected chi connectivity index (χ2v) is 20.8. The van der Waals surface area contributed by atoms with Gasteiger partial charge in [0, 0.05) is 49.8 Å². The summed E-state index contributed by atoms with van der Waals surface area (Å²) in [6.07, 6.45) is 7.40. The molecule has 4 fully saturated rings. The van der Waals surface area contributed by atoms with Crippen LogP contribution in [0.4, 0.5) is 24.5 Å². The van der Waals surface area contributed by atoms with Crippen LogP contribution in [-0.2, 0) is 28.4 Å². The molecule has 5 aromatic rings. The minimum atomic E-state index is -4.69. The molecule has 9 rings (SSSR count). The number of rotatable bonds is 11. The van der Waals surface area contributed by atoms with Crippen LogP contribution in [0.25, 0.3) is 21.3 Å². The lowest BCUT2D eigenvalue weighted by molar-refractivity contribution is -0.141. The molecule has 13 nitrogen and oxygen atoms in total. The summed E-state index contributed by atoms with van der Waals surface area (Å²) in [7, 11) is 4.02. The van der Waals surface area contributed by atoms with E-state index in [1.54, 1.807) is 48.9 Å². The number of hydrogen-bond acceptors (Lipinski definition) is 10. The molecule has 4 heterocycles. The number of benzene rings is 2. The number of imide groups is 1. The normalized spacial score (nSPS) is 25.3. The number of aryl methyl sites for hydroxylation is 1. The van der Waals surface area contributed by atoms with Gasteiger partial charge >= 0.3 is 11.9 Å². The fraction of sp³-hybridized carbons (Fsp3) is 0.542. The van der Waals surface area contributed by atoms with Gasteiger partial charge in [0.25, 0.3) is 5.91 Å². The molecule has 0 radical (unpaired) electrons. The zero-order valence-corrected chi connectivity index (χ0v) is 38.1. The molecule has 1 unspecified atom stereocenters. The van der Waals surface area contributed by atoms with Gasteiger partial charge in [0.1, 0.15) is 17.4 Å². The molecule has 0 bridgehead atoms. The van der Waals surface area contributed by atoms with Crippen LogP contribution in [0.3, 0.4) is 0 Å². The lowest BCUT2D eigenvalue weighted by Gasteiger charge is -2.53. The van der Waals surface area contributed by atoms with Crippen molar-refractivity contribution >= 4 is 61.7 Å². The molecule has 4 aliphatic rings. The lowest BCUT2D eigenvalue weighted by Crippen LogP contribution is -2.47. The minimum absolute atomic E-state index is 0.206. The summed E-state index contributed by atoms with van der Waals surface area (Å²) in [5.41, 5.74) is 1.04. The van der Waals surface area contributed by atoms with Gasteiger partial charge < -0.3 is 20.6 Å². The van der Waals surface area contributed by atoms with E-state index in [9.17, 15) is 37.5 Å². The molecule has 1 saturated heterocycles. The van der Waals surface area contributed by atoms with Gasteiger partial charge in [0.05, 0.1) is 37.5 Å². The van der Waals surface area contributed by atoms with Crippen molar-refractivity contribution in [1.82, 2.24) is 29.3 Å². The number of nitrogens with zero attached hydrogens (tertiary/aromatic N) is 5. The van der Waals surface area contributed by atoms with Crippen molar-refractivity contribution in [3.05, 3.63) is 81.0 Å². The van der Waals surface area contributed by atoms with Crippen LogP contribution < -0.4 is 21.6 Å². The summed E-state index contributed by atoms with van der Waals surface area (Å²) in [4.78, 5) is 62.1. The average molecular weight is 915 g/mol. The predicted octanol–water partition coefficient (Wildman–Crippen LogP) is 8.48. The SMILES string of the molecule is CN(CC1CCC(c2nc3cc(C(C)(C)O)c(NC(=O)c4cccc(C(F)(F)F)n4)cc3s2)CC1)C1CCC2(CC1)CC(CNc1cccc3c1n(C)c(=O)n3C1CCC(=O)NC1=O)C2. The quantitative estimate of drug-likeness (QED) is 0.0953. The number of anilines is 2. The van der Waals surface area contributed by atoms with Crippen molar-refractivity contribution in [2.24, 2.45) is 24.3 Å². The Balaban J connectivity index is 0.752. The van der Waals surface area contributed by atoms with Gasteiger partial charge in [-0.25, -0.2) is 14.8 Å². The Bertz CT molecular complexity index is 2700. The third-order valence-corrected chi connectivity index (χ3v) is 15.9. The molecule has 1 atom stereocenters. The highest BCUT2D eigenvalue weighted by Gasteiger charge is 2.46. The molecule has 3 amide bonds. The van der Waals surface area contributed by atoms with Crippen molar-refractivity contribution in [3.63, 3.8) is 0 Å². The number of alkyl halides is 3. The predicted molar refractivity (Wildman–Crippen MR) is 244 cm³/mol. The molecule has 65 heavy (non-hydrogen) atoms. The fourth-order valence-corrected chi connectivity index (χ4v) is 12.4. The Morgan fingerprint density at radius 3 is 2.37 bits per heavy atom. The van der Waals surface area contributed by atoms with Gasteiger partial charge in [-0.05, 0) is 145 Å². The molecule has 1 aliphatic heterocycles. The summed E-state index contributed by atoms with van der Waals surface area (Å²) in [6.45, 7) is 5.09. The molecule has 346 valence electrons. The third-order valence-electron chi connectivity index (χ3n) is 14.8. The molecule has 17 heteroatoms. The van der Waals surface area contributed by atoms with Crippen LogP contribution in [-0.4, -0.2) is 73.0 Å². The van der Waals surface area contributed by atoms with E-state index in [1.165, 1.54) is 49.2 Å². The number of nitrogens with one attached hydrogen (secondary N) is 3. The monoisotopic (exact) mass is 914 g/mol. The number of thiazole rings is 1. The number of pyridine rings is 1. The van der Waals surface area contributed by atoms with Crippen molar-refractivity contribution in [3.8, 4) is 0 Å². The minimum Gasteiger partial charge on any atom is -0.386 e. The van der Waals surface area contributed by atoms with Crippen LogP contribution in [0.1, 0.15) is 130 Å². The maximum Gasteiger partial charge on any atom is 0.433 e. The number of aliphatic hydroxyl groups is 1. The van der Waals surface area contributed by atoms with Gasteiger partial charge in [-0.3, -0.25) is 28.8 Å². The van der Waals surface area contributed by atoms with Gasteiger partial charge in [-0.1, -0.05) is 12.1 Å². The Labute approximate surface area is 379 Å². The molecule has 3 aromatic heterocycles. The molecule has 4 N–H and O–H groups in total. The number of fused-ring (bicyclic) bond motifs is 2. The number of carbonyl (C=O) groups excluding carboxylic acids is 3. The molecule has 3 saturated carbocycles. The summed E-state index contributed by atoms with van der Waals surface area (Å²) < 4.78 is 43.8. The summed E-state index contributed by atoms with van der Waals surface area (Å²) in [6, 6.07) is 12.4. The number of para-hydroxylation sites is 1. The van der Waals surface area contributed by atoms with E-state index in [1.807, 2.05) is 18.2 Å². The van der Waals surface area contributed by atoms with E-state index in [-0.39, 0.29) is 23.7 Å². The summed E-state index contributed by atoms with van der Waals surface area (Å²) in [5, 5.41) is 20.8. The van der Waals surface area contributed by atoms with E-state index in [0.717, 1.165) is 71.8 Å². The zero-order chi connectivity index (χ0) is 46.0. The molecular weight excluding hydrogens is 858 g/mol. The van der Waals surface area contributed by atoms with Gasteiger partial charge in [-0.15, -0.1) is 11.3 Å².